The highest BCUT2D eigenvalue weighted by Crippen LogP contribution is 2.19. The summed E-state index contributed by atoms with van der Waals surface area (Å²) in [7, 11) is 1.85. The topological polar surface area (TPSA) is 75.8 Å². The van der Waals surface area contributed by atoms with Gasteiger partial charge < -0.3 is 19.5 Å². The number of ether oxygens (including phenoxy) is 1. The molecule has 1 unspecified atom stereocenters. The standard InChI is InChI=1S/C26H33N5O2.HI/c1-3-24-29-25(33-30-24)23-11-9-20(10-12-23)13-15-28-26(27-2)31-16-14-22(17-31)19-32-18-21-7-5-4-6-8-21;/h4-12,22H,3,13-19H2,1-2H3,(H,27,28);1H. The minimum atomic E-state index is 0. The predicted molar refractivity (Wildman–Crippen MR) is 145 cm³/mol. The van der Waals surface area contributed by atoms with Crippen molar-refractivity contribution in [1.82, 2.24) is 20.4 Å². The van der Waals surface area contributed by atoms with Crippen LogP contribution in [0.5, 0.6) is 0 Å². The highest BCUT2D eigenvalue weighted by molar-refractivity contribution is 14.0. The third-order valence-corrected chi connectivity index (χ3v) is 5.94. The molecule has 7 nitrogen and oxygen atoms in total. The van der Waals surface area contributed by atoms with Gasteiger partial charge in [0.05, 0.1) is 13.2 Å². The first-order valence-electron chi connectivity index (χ1n) is 11.7. The molecule has 1 aliphatic rings. The fourth-order valence-electron chi connectivity index (χ4n) is 4.06. The van der Waals surface area contributed by atoms with Crippen LogP contribution < -0.4 is 5.32 Å². The van der Waals surface area contributed by atoms with Crippen molar-refractivity contribution in [2.75, 3.05) is 33.3 Å². The van der Waals surface area contributed by atoms with Crippen LogP contribution in [0, 0.1) is 5.92 Å². The molecule has 2 aromatic carbocycles. The van der Waals surface area contributed by atoms with E-state index in [9.17, 15) is 0 Å². The second kappa shape index (κ2) is 13.4. The first-order chi connectivity index (χ1) is 16.2. The highest BCUT2D eigenvalue weighted by Gasteiger charge is 2.24. The number of aromatic nitrogens is 2. The van der Waals surface area contributed by atoms with Gasteiger partial charge in [-0.3, -0.25) is 4.99 Å². The van der Waals surface area contributed by atoms with Gasteiger partial charge in [0.25, 0.3) is 5.89 Å². The van der Waals surface area contributed by atoms with Gasteiger partial charge in [-0.2, -0.15) is 4.98 Å². The van der Waals surface area contributed by atoms with E-state index >= 15 is 0 Å². The van der Waals surface area contributed by atoms with Crippen molar-refractivity contribution in [2.24, 2.45) is 10.9 Å². The number of hydrogen-bond donors (Lipinski definition) is 1. The quantitative estimate of drug-likeness (QED) is 0.229. The molecule has 1 N–H and O–H groups in total. The van der Waals surface area contributed by atoms with E-state index in [1.54, 1.807) is 0 Å². The van der Waals surface area contributed by atoms with Crippen LogP contribution in [-0.4, -0.2) is 54.3 Å². The summed E-state index contributed by atoms with van der Waals surface area (Å²) in [5, 5.41) is 7.48. The summed E-state index contributed by atoms with van der Waals surface area (Å²) in [5.74, 6) is 2.82. The lowest BCUT2D eigenvalue weighted by Crippen LogP contribution is -2.41. The molecular weight excluding hydrogens is 541 g/mol. The Morgan fingerprint density at radius 3 is 2.65 bits per heavy atom. The molecule has 0 saturated carbocycles. The van der Waals surface area contributed by atoms with Crippen LogP contribution in [0.1, 0.15) is 30.3 Å². The van der Waals surface area contributed by atoms with Gasteiger partial charge in [0.1, 0.15) is 0 Å². The SMILES string of the molecule is CCc1noc(-c2ccc(CCNC(=NC)N3CCC(COCc4ccccc4)C3)cc2)n1.I. The number of nitrogens with one attached hydrogen (secondary N) is 1. The zero-order valence-electron chi connectivity index (χ0n) is 19.9. The van der Waals surface area contributed by atoms with E-state index in [1.807, 2.05) is 32.2 Å². The minimum Gasteiger partial charge on any atom is -0.376 e. The molecule has 1 saturated heterocycles. The van der Waals surface area contributed by atoms with Gasteiger partial charge in [0.15, 0.2) is 11.8 Å². The number of aliphatic imine (C=N–C) groups is 1. The van der Waals surface area contributed by atoms with Gasteiger partial charge in [0, 0.05) is 44.6 Å². The van der Waals surface area contributed by atoms with E-state index in [2.05, 4.69) is 61.7 Å². The summed E-state index contributed by atoms with van der Waals surface area (Å²) in [6, 6.07) is 18.7. The normalized spacial score (nSPS) is 15.9. The Morgan fingerprint density at radius 1 is 1.15 bits per heavy atom. The molecule has 1 fully saturated rings. The Bertz CT molecular complexity index is 1020. The molecule has 0 bridgehead atoms. The maximum absolute atomic E-state index is 5.95. The molecule has 182 valence electrons. The molecule has 0 spiro atoms. The summed E-state index contributed by atoms with van der Waals surface area (Å²) < 4.78 is 11.3. The second-order valence-electron chi connectivity index (χ2n) is 8.39. The van der Waals surface area contributed by atoms with Crippen LogP contribution in [0.15, 0.2) is 64.1 Å². The van der Waals surface area contributed by atoms with Gasteiger partial charge in [-0.15, -0.1) is 24.0 Å². The molecule has 0 aliphatic carbocycles. The van der Waals surface area contributed by atoms with Crippen LogP contribution in [0.25, 0.3) is 11.5 Å². The molecule has 3 aromatic rings. The van der Waals surface area contributed by atoms with Gasteiger partial charge >= 0.3 is 0 Å². The zero-order valence-corrected chi connectivity index (χ0v) is 22.3. The van der Waals surface area contributed by atoms with E-state index in [-0.39, 0.29) is 24.0 Å². The zero-order chi connectivity index (χ0) is 22.9. The van der Waals surface area contributed by atoms with E-state index in [0.29, 0.717) is 18.4 Å². The predicted octanol–water partition coefficient (Wildman–Crippen LogP) is 4.57. The van der Waals surface area contributed by atoms with E-state index in [1.165, 1.54) is 11.1 Å². The molecule has 0 amide bonds. The van der Waals surface area contributed by atoms with Crippen LogP contribution in [0.3, 0.4) is 0 Å². The first kappa shape index (κ1) is 26.2. The number of aryl methyl sites for hydroxylation is 1. The Morgan fingerprint density at radius 2 is 1.94 bits per heavy atom. The fraction of sp³-hybridized carbons (Fsp3) is 0.423. The second-order valence-corrected chi connectivity index (χ2v) is 8.39. The number of nitrogens with zero attached hydrogens (tertiary/aromatic N) is 4. The van der Waals surface area contributed by atoms with E-state index < -0.39 is 0 Å². The van der Waals surface area contributed by atoms with Gasteiger partial charge in [0.2, 0.25) is 0 Å². The minimum absolute atomic E-state index is 0. The third kappa shape index (κ3) is 7.27. The van der Waals surface area contributed by atoms with Crippen molar-refractivity contribution in [1.29, 1.82) is 0 Å². The first-order valence-corrected chi connectivity index (χ1v) is 11.7. The van der Waals surface area contributed by atoms with Crippen LogP contribution >= 0.6 is 24.0 Å². The summed E-state index contributed by atoms with van der Waals surface area (Å²) in [4.78, 5) is 11.2. The number of benzene rings is 2. The lowest BCUT2D eigenvalue weighted by molar-refractivity contribution is 0.0907. The van der Waals surface area contributed by atoms with Crippen LogP contribution in [0.4, 0.5) is 0 Å². The van der Waals surface area contributed by atoms with Crippen molar-refractivity contribution in [3.8, 4) is 11.5 Å². The number of halogens is 1. The third-order valence-electron chi connectivity index (χ3n) is 5.94. The maximum atomic E-state index is 5.95. The molecule has 0 radical (unpaired) electrons. The van der Waals surface area contributed by atoms with Crippen LogP contribution in [-0.2, 0) is 24.2 Å². The molecular formula is C26H34IN5O2. The van der Waals surface area contributed by atoms with Gasteiger partial charge in [-0.05, 0) is 36.1 Å². The molecule has 8 heteroatoms. The van der Waals surface area contributed by atoms with Gasteiger partial charge in [-0.25, -0.2) is 0 Å². The number of likely N-dealkylation sites (tertiary alicyclic amines) is 1. The lowest BCUT2D eigenvalue weighted by atomic mass is 10.1. The summed E-state index contributed by atoms with van der Waals surface area (Å²) in [6.07, 6.45) is 2.82. The molecule has 2 heterocycles. The van der Waals surface area contributed by atoms with Crippen molar-refractivity contribution in [2.45, 2.75) is 32.8 Å². The maximum Gasteiger partial charge on any atom is 0.257 e. The Labute approximate surface area is 219 Å². The lowest BCUT2D eigenvalue weighted by Gasteiger charge is -2.21. The van der Waals surface area contributed by atoms with E-state index in [4.69, 9.17) is 9.26 Å². The number of rotatable bonds is 9. The molecule has 4 rings (SSSR count). The smallest absolute Gasteiger partial charge is 0.257 e. The highest BCUT2D eigenvalue weighted by atomic mass is 127. The van der Waals surface area contributed by atoms with Crippen molar-refractivity contribution < 1.29 is 9.26 Å². The van der Waals surface area contributed by atoms with Crippen LogP contribution in [0.2, 0.25) is 0 Å². The summed E-state index contributed by atoms with van der Waals surface area (Å²) >= 11 is 0. The number of guanidine groups is 1. The average molecular weight is 575 g/mol. The molecule has 1 aliphatic heterocycles. The Hall–Kier alpha value is -2.46. The molecule has 1 aromatic heterocycles. The van der Waals surface area contributed by atoms with Crippen molar-refractivity contribution >= 4 is 29.9 Å². The summed E-state index contributed by atoms with van der Waals surface area (Å²) in [6.45, 7) is 6.30. The Balaban J connectivity index is 0.00000324. The van der Waals surface area contributed by atoms with Crippen molar-refractivity contribution in [3.05, 3.63) is 71.5 Å². The number of hydrogen-bond acceptors (Lipinski definition) is 5. The van der Waals surface area contributed by atoms with Crippen molar-refractivity contribution in [3.63, 3.8) is 0 Å². The largest absolute Gasteiger partial charge is 0.376 e. The fourth-order valence-corrected chi connectivity index (χ4v) is 4.06. The average Bonchev–Trinajstić information content (AvgIpc) is 3.53. The molecule has 1 atom stereocenters. The Kier molecular flexibility index (Phi) is 10.3. The molecule has 34 heavy (non-hydrogen) atoms. The summed E-state index contributed by atoms with van der Waals surface area (Å²) in [5.41, 5.74) is 3.43. The monoisotopic (exact) mass is 575 g/mol. The van der Waals surface area contributed by atoms with Gasteiger partial charge in [-0.1, -0.05) is 54.5 Å². The van der Waals surface area contributed by atoms with E-state index in [0.717, 1.165) is 62.9 Å².